The summed E-state index contributed by atoms with van der Waals surface area (Å²) in [4.78, 5) is 4.04. The van der Waals surface area contributed by atoms with E-state index in [1.54, 1.807) is 12.3 Å². The van der Waals surface area contributed by atoms with Gasteiger partial charge < -0.3 is 10.5 Å². The first-order chi connectivity index (χ1) is 7.75. The number of nitrogens with one attached hydrogen (secondary N) is 1. The molecule has 2 rings (SSSR count). The van der Waals surface area contributed by atoms with Crippen LogP contribution in [0.3, 0.4) is 0 Å². The van der Waals surface area contributed by atoms with Crippen molar-refractivity contribution in [2.75, 3.05) is 6.61 Å². The fourth-order valence-corrected chi connectivity index (χ4v) is 1.75. The first-order valence-electron chi connectivity index (χ1n) is 5.69. The second kappa shape index (κ2) is 4.96. The van der Waals surface area contributed by atoms with E-state index in [9.17, 15) is 0 Å². The SMILES string of the molecule is N=C(N)c1ccc(OCCC2CCC2)cn1. The molecule has 0 saturated heterocycles. The molecular formula is C12H17N3O. The number of aromatic nitrogens is 1. The highest BCUT2D eigenvalue weighted by molar-refractivity contribution is 5.92. The standard InChI is InChI=1S/C12H17N3O/c13-12(14)11-5-4-10(8-15-11)16-7-6-9-2-1-3-9/h4-5,8-9H,1-3,6-7H2,(H3,13,14). The molecule has 1 aliphatic carbocycles. The van der Waals surface area contributed by atoms with Gasteiger partial charge in [0, 0.05) is 0 Å². The number of rotatable bonds is 5. The smallest absolute Gasteiger partial charge is 0.141 e. The molecule has 1 aromatic rings. The van der Waals surface area contributed by atoms with Crippen molar-refractivity contribution in [3.8, 4) is 5.75 Å². The number of nitrogen functional groups attached to an aromatic ring is 1. The van der Waals surface area contributed by atoms with Crippen molar-refractivity contribution in [3.63, 3.8) is 0 Å². The molecule has 4 heteroatoms. The first kappa shape index (κ1) is 10.9. The summed E-state index contributed by atoms with van der Waals surface area (Å²) < 4.78 is 5.57. The zero-order chi connectivity index (χ0) is 11.4. The number of amidine groups is 1. The molecule has 16 heavy (non-hydrogen) atoms. The summed E-state index contributed by atoms with van der Waals surface area (Å²) in [7, 11) is 0. The van der Waals surface area contributed by atoms with Crippen LogP contribution in [-0.4, -0.2) is 17.4 Å². The van der Waals surface area contributed by atoms with Crippen LogP contribution in [-0.2, 0) is 0 Å². The van der Waals surface area contributed by atoms with Gasteiger partial charge in [-0.3, -0.25) is 5.41 Å². The number of ether oxygens (including phenoxy) is 1. The molecule has 0 unspecified atom stereocenters. The molecule has 0 spiro atoms. The fraction of sp³-hybridized carbons (Fsp3) is 0.500. The van der Waals surface area contributed by atoms with E-state index in [0.717, 1.165) is 24.7 Å². The molecule has 0 radical (unpaired) electrons. The lowest BCUT2D eigenvalue weighted by Gasteiger charge is -2.24. The van der Waals surface area contributed by atoms with Crippen LogP contribution in [0.2, 0.25) is 0 Å². The average molecular weight is 219 g/mol. The summed E-state index contributed by atoms with van der Waals surface area (Å²) in [6.07, 6.45) is 6.83. The third-order valence-corrected chi connectivity index (χ3v) is 3.03. The van der Waals surface area contributed by atoms with Crippen molar-refractivity contribution < 1.29 is 4.74 Å². The minimum Gasteiger partial charge on any atom is -0.492 e. The number of pyridine rings is 1. The van der Waals surface area contributed by atoms with Gasteiger partial charge in [0.2, 0.25) is 0 Å². The summed E-state index contributed by atoms with van der Waals surface area (Å²) in [6, 6.07) is 3.52. The van der Waals surface area contributed by atoms with E-state index in [1.165, 1.54) is 19.3 Å². The van der Waals surface area contributed by atoms with Gasteiger partial charge in [-0.2, -0.15) is 0 Å². The average Bonchev–Trinajstić information content (AvgIpc) is 2.22. The van der Waals surface area contributed by atoms with E-state index in [1.807, 2.05) is 6.07 Å². The molecule has 0 amide bonds. The maximum atomic E-state index is 7.21. The topological polar surface area (TPSA) is 72.0 Å². The van der Waals surface area contributed by atoms with Crippen molar-refractivity contribution in [1.82, 2.24) is 4.98 Å². The largest absolute Gasteiger partial charge is 0.492 e. The Balaban J connectivity index is 1.78. The van der Waals surface area contributed by atoms with E-state index in [2.05, 4.69) is 4.98 Å². The Morgan fingerprint density at radius 2 is 2.31 bits per heavy atom. The van der Waals surface area contributed by atoms with E-state index >= 15 is 0 Å². The highest BCUT2D eigenvalue weighted by atomic mass is 16.5. The second-order valence-electron chi connectivity index (χ2n) is 4.23. The molecule has 0 aliphatic heterocycles. The van der Waals surface area contributed by atoms with Crippen molar-refractivity contribution in [3.05, 3.63) is 24.0 Å². The molecule has 1 fully saturated rings. The molecule has 4 nitrogen and oxygen atoms in total. The molecule has 0 aromatic carbocycles. The zero-order valence-electron chi connectivity index (χ0n) is 9.28. The second-order valence-corrected chi connectivity index (χ2v) is 4.23. The van der Waals surface area contributed by atoms with Gasteiger partial charge in [-0.25, -0.2) is 4.98 Å². The van der Waals surface area contributed by atoms with Crippen LogP contribution in [0.1, 0.15) is 31.4 Å². The van der Waals surface area contributed by atoms with E-state index in [0.29, 0.717) is 5.69 Å². The Morgan fingerprint density at radius 1 is 1.50 bits per heavy atom. The van der Waals surface area contributed by atoms with Crippen LogP contribution < -0.4 is 10.5 Å². The van der Waals surface area contributed by atoms with Crippen molar-refractivity contribution >= 4 is 5.84 Å². The Kier molecular flexibility index (Phi) is 3.39. The third kappa shape index (κ3) is 2.72. The minimum absolute atomic E-state index is 0.0129. The molecule has 1 saturated carbocycles. The van der Waals surface area contributed by atoms with E-state index in [-0.39, 0.29) is 5.84 Å². The molecule has 1 heterocycles. The fourth-order valence-electron chi connectivity index (χ4n) is 1.75. The molecule has 0 atom stereocenters. The molecule has 3 N–H and O–H groups in total. The normalized spacial score (nSPS) is 15.5. The summed E-state index contributed by atoms with van der Waals surface area (Å²) in [5, 5.41) is 7.21. The molecule has 0 bridgehead atoms. The molecule has 1 aromatic heterocycles. The molecule has 1 aliphatic rings. The Morgan fingerprint density at radius 3 is 2.81 bits per heavy atom. The Hall–Kier alpha value is -1.58. The van der Waals surface area contributed by atoms with Gasteiger partial charge >= 0.3 is 0 Å². The van der Waals surface area contributed by atoms with Gasteiger partial charge in [0.05, 0.1) is 12.8 Å². The maximum Gasteiger partial charge on any atom is 0.141 e. The van der Waals surface area contributed by atoms with Crippen LogP contribution in [0.4, 0.5) is 0 Å². The van der Waals surface area contributed by atoms with Gasteiger partial charge in [0.25, 0.3) is 0 Å². The summed E-state index contributed by atoms with van der Waals surface area (Å²) in [6.45, 7) is 0.756. The first-order valence-corrected chi connectivity index (χ1v) is 5.69. The number of nitrogens with two attached hydrogens (primary N) is 1. The van der Waals surface area contributed by atoms with Crippen LogP contribution in [0, 0.1) is 11.3 Å². The van der Waals surface area contributed by atoms with Gasteiger partial charge in [-0.15, -0.1) is 0 Å². The molecular weight excluding hydrogens is 202 g/mol. The van der Waals surface area contributed by atoms with Crippen molar-refractivity contribution in [2.24, 2.45) is 11.7 Å². The predicted molar refractivity (Wildman–Crippen MR) is 62.7 cm³/mol. The van der Waals surface area contributed by atoms with E-state index < -0.39 is 0 Å². The zero-order valence-corrected chi connectivity index (χ0v) is 9.28. The quantitative estimate of drug-likeness (QED) is 0.587. The van der Waals surface area contributed by atoms with Crippen molar-refractivity contribution in [2.45, 2.75) is 25.7 Å². The van der Waals surface area contributed by atoms with Gasteiger partial charge in [-0.1, -0.05) is 19.3 Å². The lowest BCUT2D eigenvalue weighted by Crippen LogP contribution is -2.15. The minimum atomic E-state index is -0.0129. The number of hydrogen-bond acceptors (Lipinski definition) is 3. The highest BCUT2D eigenvalue weighted by Crippen LogP contribution is 2.29. The van der Waals surface area contributed by atoms with Crippen molar-refractivity contribution in [1.29, 1.82) is 5.41 Å². The predicted octanol–water partition coefficient (Wildman–Crippen LogP) is 1.93. The lowest BCUT2D eigenvalue weighted by atomic mass is 9.83. The Labute approximate surface area is 95.3 Å². The highest BCUT2D eigenvalue weighted by Gasteiger charge is 2.16. The van der Waals surface area contributed by atoms with Crippen LogP contribution >= 0.6 is 0 Å². The third-order valence-electron chi connectivity index (χ3n) is 3.03. The van der Waals surface area contributed by atoms with Crippen LogP contribution in [0.25, 0.3) is 0 Å². The van der Waals surface area contributed by atoms with Gasteiger partial charge in [0.1, 0.15) is 17.3 Å². The lowest BCUT2D eigenvalue weighted by molar-refractivity contribution is 0.221. The van der Waals surface area contributed by atoms with Crippen LogP contribution in [0.15, 0.2) is 18.3 Å². The monoisotopic (exact) mass is 219 g/mol. The number of hydrogen-bond donors (Lipinski definition) is 2. The maximum absolute atomic E-state index is 7.21. The van der Waals surface area contributed by atoms with Crippen LogP contribution in [0.5, 0.6) is 5.75 Å². The molecule has 86 valence electrons. The Bertz CT molecular complexity index is 357. The van der Waals surface area contributed by atoms with Gasteiger partial charge in [-0.05, 0) is 24.5 Å². The van der Waals surface area contributed by atoms with Gasteiger partial charge in [0.15, 0.2) is 0 Å². The van der Waals surface area contributed by atoms with E-state index in [4.69, 9.17) is 15.9 Å². The summed E-state index contributed by atoms with van der Waals surface area (Å²) in [5.41, 5.74) is 5.80. The number of nitrogens with zero attached hydrogens (tertiary/aromatic N) is 1. The summed E-state index contributed by atoms with van der Waals surface area (Å²) in [5.74, 6) is 1.61. The summed E-state index contributed by atoms with van der Waals surface area (Å²) >= 11 is 0.